The monoisotopic (exact) mass is 331 g/mol. The van der Waals surface area contributed by atoms with E-state index in [0.717, 1.165) is 31.5 Å². The second kappa shape index (κ2) is 6.75. The molecule has 2 aliphatic heterocycles. The highest BCUT2D eigenvalue weighted by Crippen LogP contribution is 2.23. The third-order valence-electron chi connectivity index (χ3n) is 4.81. The number of nitrogens with two attached hydrogens (primary N) is 1. The van der Waals surface area contributed by atoms with Gasteiger partial charge in [-0.2, -0.15) is 0 Å². The molecule has 24 heavy (non-hydrogen) atoms. The molecule has 1 aromatic rings. The molecule has 0 saturated carbocycles. The maximum Gasteiger partial charge on any atom is 0.272 e. The van der Waals surface area contributed by atoms with E-state index in [1.807, 2.05) is 18.7 Å². The van der Waals surface area contributed by atoms with Gasteiger partial charge >= 0.3 is 0 Å². The number of likely N-dealkylation sites (tertiary alicyclic amines) is 2. The summed E-state index contributed by atoms with van der Waals surface area (Å²) in [5.74, 6) is 0.399. The van der Waals surface area contributed by atoms with Crippen LogP contribution in [0.5, 0.6) is 0 Å². The van der Waals surface area contributed by atoms with E-state index in [0.29, 0.717) is 25.2 Å². The molecule has 1 aromatic heterocycles. The lowest BCUT2D eigenvalue weighted by atomic mass is 10.0. The van der Waals surface area contributed by atoms with Gasteiger partial charge in [-0.05, 0) is 31.2 Å². The lowest BCUT2D eigenvalue weighted by molar-refractivity contribution is -0.130. The summed E-state index contributed by atoms with van der Waals surface area (Å²) in [4.78, 5) is 36.9. The molecule has 130 valence electrons. The fourth-order valence-electron chi connectivity index (χ4n) is 3.50. The summed E-state index contributed by atoms with van der Waals surface area (Å²) in [6, 6.07) is 1.86. The minimum absolute atomic E-state index is 0.123. The molecule has 2 aliphatic rings. The molecular formula is C17H25N5O2. The van der Waals surface area contributed by atoms with Crippen LogP contribution in [0.25, 0.3) is 0 Å². The summed E-state index contributed by atoms with van der Waals surface area (Å²) in [5.41, 5.74) is 6.88. The summed E-state index contributed by atoms with van der Waals surface area (Å²) in [6.45, 7) is 6.09. The summed E-state index contributed by atoms with van der Waals surface area (Å²) in [6.07, 6.45) is 3.41. The molecule has 2 fully saturated rings. The second-order valence-corrected chi connectivity index (χ2v) is 6.93. The smallest absolute Gasteiger partial charge is 0.272 e. The first kappa shape index (κ1) is 16.7. The fourth-order valence-corrected chi connectivity index (χ4v) is 3.50. The number of rotatable bonds is 3. The lowest BCUT2D eigenvalue weighted by Crippen LogP contribution is -2.50. The Morgan fingerprint density at radius 3 is 2.75 bits per heavy atom. The van der Waals surface area contributed by atoms with Gasteiger partial charge in [-0.25, -0.2) is 9.97 Å². The van der Waals surface area contributed by atoms with E-state index in [2.05, 4.69) is 9.97 Å². The number of aromatic nitrogens is 2. The predicted molar refractivity (Wildman–Crippen MR) is 90.4 cm³/mol. The molecule has 3 rings (SSSR count). The lowest BCUT2D eigenvalue weighted by Gasteiger charge is -2.37. The number of hydrogen-bond donors (Lipinski definition) is 1. The zero-order valence-electron chi connectivity index (χ0n) is 14.4. The molecule has 2 amide bonds. The highest BCUT2D eigenvalue weighted by Gasteiger charge is 2.33. The van der Waals surface area contributed by atoms with Crippen LogP contribution < -0.4 is 5.73 Å². The molecule has 0 spiro atoms. The third-order valence-corrected chi connectivity index (χ3v) is 4.81. The van der Waals surface area contributed by atoms with Crippen molar-refractivity contribution in [3.05, 3.63) is 17.5 Å². The number of nitrogens with zero attached hydrogens (tertiary/aromatic N) is 4. The maximum absolute atomic E-state index is 12.8. The van der Waals surface area contributed by atoms with Crippen molar-refractivity contribution >= 4 is 17.8 Å². The quantitative estimate of drug-likeness (QED) is 0.904. The van der Waals surface area contributed by atoms with Crippen LogP contribution in [-0.4, -0.2) is 57.3 Å². The molecule has 0 bridgehead atoms. The van der Waals surface area contributed by atoms with Crippen LogP contribution in [0.4, 0.5) is 5.95 Å². The first-order chi connectivity index (χ1) is 11.5. The van der Waals surface area contributed by atoms with Gasteiger partial charge < -0.3 is 15.5 Å². The first-order valence-electron chi connectivity index (χ1n) is 8.69. The van der Waals surface area contributed by atoms with E-state index in [1.54, 1.807) is 11.0 Å². The van der Waals surface area contributed by atoms with E-state index in [1.165, 1.54) is 0 Å². The van der Waals surface area contributed by atoms with Crippen LogP contribution in [0.1, 0.15) is 61.6 Å². The largest absolute Gasteiger partial charge is 0.368 e. The van der Waals surface area contributed by atoms with Crippen molar-refractivity contribution in [3.63, 3.8) is 0 Å². The molecule has 1 atom stereocenters. The van der Waals surface area contributed by atoms with Crippen LogP contribution in [-0.2, 0) is 4.79 Å². The summed E-state index contributed by atoms with van der Waals surface area (Å²) in [5, 5.41) is 0. The Balaban J connectivity index is 1.76. The average Bonchev–Trinajstić information content (AvgIpc) is 2.99. The van der Waals surface area contributed by atoms with Gasteiger partial charge in [0.15, 0.2) is 0 Å². The van der Waals surface area contributed by atoms with Crippen molar-refractivity contribution in [1.82, 2.24) is 19.8 Å². The van der Waals surface area contributed by atoms with Gasteiger partial charge in [0.2, 0.25) is 11.9 Å². The summed E-state index contributed by atoms with van der Waals surface area (Å²) < 4.78 is 0. The van der Waals surface area contributed by atoms with Crippen molar-refractivity contribution in [3.8, 4) is 0 Å². The van der Waals surface area contributed by atoms with Crippen LogP contribution in [0, 0.1) is 0 Å². The Bertz CT molecular complexity index is 646. The molecule has 3 heterocycles. The standard InChI is InChI=1S/C17H25N5O2/c1-11(2)13-9-14(20-17(18)19-13)16(24)21-7-3-5-12(10-21)22-8-4-6-15(22)23/h9,11-12H,3-8,10H2,1-2H3,(H2,18,19,20)/t12-/m1/s1. The SMILES string of the molecule is CC(C)c1cc(C(=O)N2CCC[C@@H](N3CCCC3=O)C2)nc(N)n1. The van der Waals surface area contributed by atoms with E-state index in [9.17, 15) is 9.59 Å². The van der Waals surface area contributed by atoms with Crippen molar-refractivity contribution < 1.29 is 9.59 Å². The van der Waals surface area contributed by atoms with Gasteiger partial charge in [0, 0.05) is 37.8 Å². The molecule has 7 heteroatoms. The van der Waals surface area contributed by atoms with Crippen LogP contribution in [0.3, 0.4) is 0 Å². The number of amides is 2. The molecule has 0 aromatic carbocycles. The van der Waals surface area contributed by atoms with Crippen molar-refractivity contribution in [1.29, 1.82) is 0 Å². The molecule has 2 N–H and O–H groups in total. The van der Waals surface area contributed by atoms with Gasteiger partial charge in [0.25, 0.3) is 5.91 Å². The molecule has 2 saturated heterocycles. The maximum atomic E-state index is 12.8. The van der Waals surface area contributed by atoms with Crippen LogP contribution in [0.15, 0.2) is 6.07 Å². The normalized spacial score (nSPS) is 21.6. The molecule has 0 radical (unpaired) electrons. The van der Waals surface area contributed by atoms with Gasteiger partial charge in [-0.1, -0.05) is 13.8 Å². The van der Waals surface area contributed by atoms with Gasteiger partial charge in [0.05, 0.1) is 0 Å². The van der Waals surface area contributed by atoms with E-state index in [-0.39, 0.29) is 29.7 Å². The Morgan fingerprint density at radius 2 is 2.08 bits per heavy atom. The number of anilines is 1. The molecular weight excluding hydrogens is 306 g/mol. The van der Waals surface area contributed by atoms with E-state index >= 15 is 0 Å². The van der Waals surface area contributed by atoms with Crippen LogP contribution >= 0.6 is 0 Å². The van der Waals surface area contributed by atoms with Gasteiger partial charge in [-0.15, -0.1) is 0 Å². The van der Waals surface area contributed by atoms with Crippen molar-refractivity contribution in [2.75, 3.05) is 25.4 Å². The third kappa shape index (κ3) is 3.34. The highest BCUT2D eigenvalue weighted by molar-refractivity contribution is 5.92. The van der Waals surface area contributed by atoms with Gasteiger partial charge in [-0.3, -0.25) is 9.59 Å². The summed E-state index contributed by atoms with van der Waals surface area (Å²) >= 11 is 0. The first-order valence-corrected chi connectivity index (χ1v) is 8.69. The average molecular weight is 331 g/mol. The Kier molecular flexibility index (Phi) is 4.69. The zero-order chi connectivity index (χ0) is 17.3. The molecule has 7 nitrogen and oxygen atoms in total. The Labute approximate surface area is 142 Å². The number of carbonyl (C=O) groups excluding carboxylic acids is 2. The number of piperidine rings is 1. The fraction of sp³-hybridized carbons (Fsp3) is 0.647. The van der Waals surface area contributed by atoms with Crippen molar-refractivity contribution in [2.24, 2.45) is 0 Å². The van der Waals surface area contributed by atoms with Crippen LogP contribution in [0.2, 0.25) is 0 Å². The predicted octanol–water partition coefficient (Wildman–Crippen LogP) is 1.41. The minimum Gasteiger partial charge on any atom is -0.368 e. The topological polar surface area (TPSA) is 92.4 Å². The number of hydrogen-bond acceptors (Lipinski definition) is 5. The van der Waals surface area contributed by atoms with Crippen molar-refractivity contribution in [2.45, 2.75) is 51.5 Å². The van der Waals surface area contributed by atoms with Gasteiger partial charge in [0.1, 0.15) is 5.69 Å². The van der Waals surface area contributed by atoms with E-state index in [4.69, 9.17) is 5.73 Å². The molecule has 0 unspecified atom stereocenters. The minimum atomic E-state index is -0.123. The number of carbonyl (C=O) groups is 2. The Morgan fingerprint density at radius 1 is 1.29 bits per heavy atom. The molecule has 0 aliphatic carbocycles. The Hall–Kier alpha value is -2.18. The number of nitrogen functional groups attached to an aromatic ring is 1. The summed E-state index contributed by atoms with van der Waals surface area (Å²) in [7, 11) is 0. The second-order valence-electron chi connectivity index (χ2n) is 6.93. The highest BCUT2D eigenvalue weighted by atomic mass is 16.2. The van der Waals surface area contributed by atoms with E-state index < -0.39 is 0 Å². The zero-order valence-corrected chi connectivity index (χ0v) is 14.4.